The van der Waals surface area contributed by atoms with E-state index in [1.54, 1.807) is 12.1 Å². The highest BCUT2D eigenvalue weighted by atomic mass is 79.9. The molecule has 1 N–H and O–H groups in total. The maximum absolute atomic E-state index is 13.3. The van der Waals surface area contributed by atoms with Crippen molar-refractivity contribution in [3.63, 3.8) is 0 Å². The third-order valence-corrected chi connectivity index (χ3v) is 3.55. The molecule has 100 valence electrons. The summed E-state index contributed by atoms with van der Waals surface area (Å²) in [6, 6.07) is 8.50. The molecule has 0 aliphatic carbocycles. The standard InChI is InChI=1S/C14H11BrF3N/c15-14-10(2-1-3-12(14)17)8-19-7-9-4-5-11(16)13(18)6-9/h1-6,19H,7-8H2. The Bertz CT molecular complexity index is 587. The van der Waals surface area contributed by atoms with Gasteiger partial charge in [-0.1, -0.05) is 18.2 Å². The Kier molecular flexibility index (Phi) is 4.61. The number of halogens is 4. The quantitative estimate of drug-likeness (QED) is 0.888. The summed E-state index contributed by atoms with van der Waals surface area (Å²) in [5.41, 5.74) is 1.40. The maximum atomic E-state index is 13.3. The topological polar surface area (TPSA) is 12.0 Å². The van der Waals surface area contributed by atoms with E-state index in [0.29, 0.717) is 23.1 Å². The fourth-order valence-electron chi connectivity index (χ4n) is 1.68. The van der Waals surface area contributed by atoms with Crippen LogP contribution in [0.2, 0.25) is 0 Å². The fourth-order valence-corrected chi connectivity index (χ4v) is 2.08. The van der Waals surface area contributed by atoms with Crippen molar-refractivity contribution < 1.29 is 13.2 Å². The lowest BCUT2D eigenvalue weighted by molar-refractivity contribution is 0.506. The zero-order valence-corrected chi connectivity index (χ0v) is 11.5. The summed E-state index contributed by atoms with van der Waals surface area (Å²) >= 11 is 3.16. The molecule has 2 aromatic carbocycles. The van der Waals surface area contributed by atoms with Gasteiger partial charge in [0.1, 0.15) is 5.82 Å². The van der Waals surface area contributed by atoms with Gasteiger partial charge in [0.15, 0.2) is 11.6 Å². The Morgan fingerprint density at radius 3 is 2.42 bits per heavy atom. The molecule has 0 aromatic heterocycles. The van der Waals surface area contributed by atoms with E-state index in [0.717, 1.165) is 17.7 Å². The zero-order chi connectivity index (χ0) is 13.8. The minimum absolute atomic E-state index is 0.327. The van der Waals surface area contributed by atoms with Crippen molar-refractivity contribution in [2.24, 2.45) is 0 Å². The summed E-state index contributed by atoms with van der Waals surface area (Å²) in [6.07, 6.45) is 0. The molecular formula is C14H11BrF3N. The molecule has 0 bridgehead atoms. The molecule has 0 aliphatic heterocycles. The van der Waals surface area contributed by atoms with Crippen LogP contribution in [-0.2, 0) is 13.1 Å². The Hall–Kier alpha value is -1.33. The van der Waals surface area contributed by atoms with Crippen LogP contribution in [0.3, 0.4) is 0 Å². The van der Waals surface area contributed by atoms with Gasteiger partial charge in [0.05, 0.1) is 4.47 Å². The number of rotatable bonds is 4. The van der Waals surface area contributed by atoms with Gasteiger partial charge in [-0.15, -0.1) is 0 Å². The van der Waals surface area contributed by atoms with Crippen molar-refractivity contribution in [1.82, 2.24) is 5.32 Å². The van der Waals surface area contributed by atoms with Gasteiger partial charge in [-0.3, -0.25) is 0 Å². The van der Waals surface area contributed by atoms with Crippen LogP contribution in [0.25, 0.3) is 0 Å². The lowest BCUT2D eigenvalue weighted by Crippen LogP contribution is -2.13. The molecular weight excluding hydrogens is 319 g/mol. The molecule has 2 rings (SSSR count). The second-order valence-electron chi connectivity index (χ2n) is 4.06. The smallest absolute Gasteiger partial charge is 0.159 e. The van der Waals surface area contributed by atoms with Crippen molar-refractivity contribution in [1.29, 1.82) is 0 Å². The van der Waals surface area contributed by atoms with E-state index in [1.807, 2.05) is 0 Å². The van der Waals surface area contributed by atoms with Crippen molar-refractivity contribution in [2.75, 3.05) is 0 Å². The average Bonchev–Trinajstić information content (AvgIpc) is 2.39. The minimum atomic E-state index is -0.869. The molecule has 2 aromatic rings. The van der Waals surface area contributed by atoms with Gasteiger partial charge in [0, 0.05) is 13.1 Å². The van der Waals surface area contributed by atoms with Crippen molar-refractivity contribution in [2.45, 2.75) is 13.1 Å². The molecule has 0 radical (unpaired) electrons. The molecule has 0 saturated carbocycles. The molecule has 0 aliphatic rings. The summed E-state index contributed by atoms with van der Waals surface area (Å²) in [5, 5.41) is 3.05. The largest absolute Gasteiger partial charge is 0.309 e. The van der Waals surface area contributed by atoms with Crippen LogP contribution in [0, 0.1) is 17.5 Å². The van der Waals surface area contributed by atoms with Gasteiger partial charge >= 0.3 is 0 Å². The van der Waals surface area contributed by atoms with Crippen LogP contribution in [0.4, 0.5) is 13.2 Å². The third kappa shape index (κ3) is 3.58. The highest BCUT2D eigenvalue weighted by Gasteiger charge is 2.05. The summed E-state index contributed by atoms with van der Waals surface area (Å²) in [6.45, 7) is 0.803. The van der Waals surface area contributed by atoms with Gasteiger partial charge in [0.25, 0.3) is 0 Å². The number of benzene rings is 2. The molecule has 0 fully saturated rings. The molecule has 0 heterocycles. The van der Waals surface area contributed by atoms with E-state index < -0.39 is 11.6 Å². The molecule has 0 spiro atoms. The van der Waals surface area contributed by atoms with Crippen LogP contribution in [-0.4, -0.2) is 0 Å². The van der Waals surface area contributed by atoms with E-state index in [9.17, 15) is 13.2 Å². The molecule has 0 amide bonds. The van der Waals surface area contributed by atoms with Gasteiger partial charge in [-0.05, 0) is 45.3 Å². The first-order valence-electron chi connectivity index (χ1n) is 5.65. The van der Waals surface area contributed by atoms with E-state index in [2.05, 4.69) is 21.2 Å². The first kappa shape index (κ1) is 14.1. The van der Waals surface area contributed by atoms with E-state index in [-0.39, 0.29) is 5.82 Å². The van der Waals surface area contributed by atoms with E-state index >= 15 is 0 Å². The molecule has 1 nitrogen and oxygen atoms in total. The van der Waals surface area contributed by atoms with E-state index in [1.165, 1.54) is 12.1 Å². The van der Waals surface area contributed by atoms with Crippen molar-refractivity contribution in [3.05, 3.63) is 69.4 Å². The Morgan fingerprint density at radius 2 is 1.68 bits per heavy atom. The van der Waals surface area contributed by atoms with Crippen molar-refractivity contribution >= 4 is 15.9 Å². The highest BCUT2D eigenvalue weighted by Crippen LogP contribution is 2.20. The molecule has 19 heavy (non-hydrogen) atoms. The lowest BCUT2D eigenvalue weighted by atomic mass is 10.2. The predicted molar refractivity (Wildman–Crippen MR) is 71.0 cm³/mol. The molecule has 5 heteroatoms. The van der Waals surface area contributed by atoms with E-state index in [4.69, 9.17) is 0 Å². The number of hydrogen-bond acceptors (Lipinski definition) is 1. The Labute approximate surface area is 117 Å². The average molecular weight is 330 g/mol. The van der Waals surface area contributed by atoms with Gasteiger partial charge in [-0.25, -0.2) is 13.2 Å². The Balaban J connectivity index is 1.96. The second-order valence-corrected chi connectivity index (χ2v) is 4.86. The molecule has 0 unspecified atom stereocenters. The zero-order valence-electron chi connectivity index (χ0n) is 9.89. The SMILES string of the molecule is Fc1ccc(CNCc2cccc(F)c2Br)cc1F. The summed E-state index contributed by atoms with van der Waals surface area (Å²) in [4.78, 5) is 0. The van der Waals surface area contributed by atoms with Gasteiger partial charge in [-0.2, -0.15) is 0 Å². The third-order valence-electron chi connectivity index (χ3n) is 2.66. The first-order chi connectivity index (χ1) is 9.08. The van der Waals surface area contributed by atoms with Crippen LogP contribution in [0.5, 0.6) is 0 Å². The number of hydrogen-bond donors (Lipinski definition) is 1. The second kappa shape index (κ2) is 6.21. The monoisotopic (exact) mass is 329 g/mol. The maximum Gasteiger partial charge on any atom is 0.159 e. The Morgan fingerprint density at radius 1 is 0.895 bits per heavy atom. The van der Waals surface area contributed by atoms with Crippen LogP contribution in [0.1, 0.15) is 11.1 Å². The summed E-state index contributed by atoms with van der Waals surface area (Å²) < 4.78 is 39.4. The highest BCUT2D eigenvalue weighted by molar-refractivity contribution is 9.10. The number of nitrogens with one attached hydrogen (secondary N) is 1. The lowest BCUT2D eigenvalue weighted by Gasteiger charge is -2.08. The summed E-state index contributed by atoms with van der Waals surface area (Å²) in [7, 11) is 0. The predicted octanol–water partition coefficient (Wildman–Crippen LogP) is 4.16. The molecule has 0 saturated heterocycles. The van der Waals surface area contributed by atoms with Crippen LogP contribution < -0.4 is 5.32 Å². The molecule has 0 atom stereocenters. The fraction of sp³-hybridized carbons (Fsp3) is 0.143. The van der Waals surface area contributed by atoms with Gasteiger partial charge < -0.3 is 5.32 Å². The summed E-state index contributed by atoms with van der Waals surface area (Å²) in [5.74, 6) is -2.06. The minimum Gasteiger partial charge on any atom is -0.309 e. The van der Waals surface area contributed by atoms with Crippen LogP contribution in [0.15, 0.2) is 40.9 Å². The first-order valence-corrected chi connectivity index (χ1v) is 6.45. The van der Waals surface area contributed by atoms with Crippen molar-refractivity contribution in [3.8, 4) is 0 Å². The normalized spacial score (nSPS) is 10.7. The van der Waals surface area contributed by atoms with Crippen LogP contribution >= 0.6 is 15.9 Å². The van der Waals surface area contributed by atoms with Gasteiger partial charge in [0.2, 0.25) is 0 Å².